The lowest BCUT2D eigenvalue weighted by Crippen LogP contribution is -2.26. The maximum Gasteiger partial charge on any atom is 0.319 e. The highest BCUT2D eigenvalue weighted by Crippen LogP contribution is 2.28. The average Bonchev–Trinajstić information content (AvgIpc) is 3.35. The van der Waals surface area contributed by atoms with Gasteiger partial charge in [-0.05, 0) is 24.5 Å². The van der Waals surface area contributed by atoms with Crippen molar-refractivity contribution in [3.63, 3.8) is 0 Å². The summed E-state index contributed by atoms with van der Waals surface area (Å²) >= 11 is 0. The lowest BCUT2D eigenvalue weighted by atomic mass is 10.0. The fourth-order valence-corrected chi connectivity index (χ4v) is 3.93. The van der Waals surface area contributed by atoms with Crippen molar-refractivity contribution in [2.24, 2.45) is 5.73 Å². The van der Waals surface area contributed by atoms with E-state index >= 15 is 0 Å². The first-order valence-electron chi connectivity index (χ1n) is 10.8. The molecule has 3 heterocycles. The Balaban J connectivity index is 1.55. The van der Waals surface area contributed by atoms with Gasteiger partial charge in [0.25, 0.3) is 0 Å². The number of hydrogen-bond acceptors (Lipinski definition) is 8. The number of aromatic nitrogens is 4. The molecule has 0 spiro atoms. The molecule has 0 aliphatic carbocycles. The lowest BCUT2D eigenvalue weighted by Gasteiger charge is -2.17. The van der Waals surface area contributed by atoms with Gasteiger partial charge in [0.1, 0.15) is 11.3 Å². The minimum atomic E-state index is 0.278. The van der Waals surface area contributed by atoms with Crippen molar-refractivity contribution in [1.29, 1.82) is 0 Å². The molecule has 1 saturated heterocycles. The average molecular weight is 426 g/mol. The minimum absolute atomic E-state index is 0.278. The number of benzene rings is 1. The largest absolute Gasteiger partial charge is 0.496 e. The predicted molar refractivity (Wildman–Crippen MR) is 120 cm³/mol. The lowest BCUT2D eigenvalue weighted by molar-refractivity contribution is 0.287. The van der Waals surface area contributed by atoms with Gasteiger partial charge in [0.2, 0.25) is 0 Å². The van der Waals surface area contributed by atoms with E-state index < -0.39 is 0 Å². The number of nitrogens with zero attached hydrogens (tertiary/aromatic N) is 4. The second-order valence-corrected chi connectivity index (χ2v) is 8.10. The Labute approximate surface area is 182 Å². The van der Waals surface area contributed by atoms with Gasteiger partial charge in [-0.2, -0.15) is 15.1 Å². The molecular weight excluding hydrogens is 394 g/mol. The zero-order valence-corrected chi connectivity index (χ0v) is 18.2. The number of fused-ring (bicyclic) bond motifs is 1. The van der Waals surface area contributed by atoms with Crippen LogP contribution in [0.4, 0.5) is 5.82 Å². The molecule has 1 aliphatic heterocycles. The van der Waals surface area contributed by atoms with Crippen LogP contribution in [0.2, 0.25) is 0 Å². The van der Waals surface area contributed by atoms with Crippen molar-refractivity contribution >= 4 is 16.9 Å². The molecule has 2 aromatic heterocycles. The molecule has 0 saturated carbocycles. The number of nitrogens with two attached hydrogens (primary N) is 2. The van der Waals surface area contributed by atoms with Crippen molar-refractivity contribution in [2.75, 3.05) is 32.5 Å². The maximum atomic E-state index is 6.08. The van der Waals surface area contributed by atoms with E-state index in [1.165, 1.54) is 5.56 Å². The highest BCUT2D eigenvalue weighted by atomic mass is 16.5. The van der Waals surface area contributed by atoms with Gasteiger partial charge in [-0.15, -0.1) is 0 Å². The van der Waals surface area contributed by atoms with Gasteiger partial charge in [-0.1, -0.05) is 25.5 Å². The fraction of sp³-hybridized carbons (Fsp3) is 0.500. The highest BCUT2D eigenvalue weighted by Gasteiger charge is 2.20. The number of methoxy groups -OCH3 is 1. The van der Waals surface area contributed by atoms with E-state index in [9.17, 15) is 0 Å². The number of anilines is 1. The monoisotopic (exact) mass is 425 g/mol. The molecule has 1 atom stereocenters. The molecule has 0 amide bonds. The van der Waals surface area contributed by atoms with Gasteiger partial charge in [0, 0.05) is 37.7 Å². The topological polar surface area (TPSA) is 128 Å². The van der Waals surface area contributed by atoms with Crippen molar-refractivity contribution in [3.05, 3.63) is 35.0 Å². The van der Waals surface area contributed by atoms with Gasteiger partial charge >= 0.3 is 6.01 Å². The minimum Gasteiger partial charge on any atom is -0.496 e. The molecule has 4 rings (SSSR count). The van der Waals surface area contributed by atoms with Crippen LogP contribution in [0.15, 0.2) is 18.2 Å². The van der Waals surface area contributed by atoms with Crippen LogP contribution in [-0.2, 0) is 13.0 Å². The SMILES string of the molecule is CCCCOc1nc(N)c2n[nH]c(Cc3ccc(CN4CC[C@@H](N)C4)cc3OC)c2n1. The first kappa shape index (κ1) is 21.3. The summed E-state index contributed by atoms with van der Waals surface area (Å²) in [5, 5.41) is 7.37. The standard InChI is InChI=1S/C22H31N7O2/c1-3-4-9-31-22-25-19-17(27-28-20(19)21(24)26-22)11-15-6-5-14(10-18(15)30-2)12-29-8-7-16(23)13-29/h5-6,10,16H,3-4,7-9,11-13,23H2,1-2H3,(H,27,28)(H2,24,25,26)/t16-/m1/s1. The van der Waals surface area contributed by atoms with Gasteiger partial charge in [-0.3, -0.25) is 10.00 Å². The van der Waals surface area contributed by atoms with E-state index in [0.29, 0.717) is 29.9 Å². The van der Waals surface area contributed by atoms with Crippen molar-refractivity contribution in [1.82, 2.24) is 25.1 Å². The van der Waals surface area contributed by atoms with E-state index in [4.69, 9.17) is 20.9 Å². The molecule has 3 aromatic rings. The molecule has 0 unspecified atom stereocenters. The Morgan fingerprint density at radius 1 is 1.26 bits per heavy atom. The Bertz CT molecular complexity index is 1040. The smallest absolute Gasteiger partial charge is 0.319 e. The number of unbranched alkanes of at least 4 members (excludes halogenated alkanes) is 1. The molecule has 1 fully saturated rings. The molecule has 0 bridgehead atoms. The van der Waals surface area contributed by atoms with Crippen LogP contribution in [0.3, 0.4) is 0 Å². The Morgan fingerprint density at radius 3 is 2.87 bits per heavy atom. The third-order valence-corrected chi connectivity index (χ3v) is 5.64. The third kappa shape index (κ3) is 4.88. The number of likely N-dealkylation sites (tertiary alicyclic amines) is 1. The molecule has 5 N–H and O–H groups in total. The van der Waals surface area contributed by atoms with Crippen LogP contribution in [0, 0.1) is 0 Å². The fourth-order valence-electron chi connectivity index (χ4n) is 3.93. The van der Waals surface area contributed by atoms with Crippen molar-refractivity contribution in [3.8, 4) is 11.8 Å². The second-order valence-electron chi connectivity index (χ2n) is 8.10. The molecular formula is C22H31N7O2. The zero-order valence-electron chi connectivity index (χ0n) is 18.2. The zero-order chi connectivity index (χ0) is 21.8. The van der Waals surface area contributed by atoms with E-state index in [1.54, 1.807) is 7.11 Å². The Hall–Kier alpha value is -2.91. The first-order chi connectivity index (χ1) is 15.1. The number of hydrogen-bond donors (Lipinski definition) is 3. The molecule has 0 radical (unpaired) electrons. The predicted octanol–water partition coefficient (Wildman–Crippen LogP) is 2.25. The van der Waals surface area contributed by atoms with Crippen LogP contribution >= 0.6 is 0 Å². The van der Waals surface area contributed by atoms with Crippen LogP contribution in [-0.4, -0.2) is 57.9 Å². The second kappa shape index (κ2) is 9.49. The third-order valence-electron chi connectivity index (χ3n) is 5.64. The van der Waals surface area contributed by atoms with E-state index in [-0.39, 0.29) is 12.1 Å². The van der Waals surface area contributed by atoms with Crippen molar-refractivity contribution in [2.45, 2.75) is 45.2 Å². The molecule has 166 valence electrons. The van der Waals surface area contributed by atoms with Gasteiger partial charge in [-0.25, -0.2) is 0 Å². The summed E-state index contributed by atoms with van der Waals surface area (Å²) in [6.45, 7) is 5.52. The number of aromatic amines is 1. The summed E-state index contributed by atoms with van der Waals surface area (Å²) in [6, 6.07) is 6.90. The highest BCUT2D eigenvalue weighted by molar-refractivity contribution is 5.86. The maximum absolute atomic E-state index is 6.08. The number of ether oxygens (including phenoxy) is 2. The van der Waals surface area contributed by atoms with Crippen LogP contribution in [0.25, 0.3) is 11.0 Å². The van der Waals surface area contributed by atoms with E-state index in [2.05, 4.69) is 50.2 Å². The molecule has 1 aromatic carbocycles. The first-order valence-corrected chi connectivity index (χ1v) is 10.8. The summed E-state index contributed by atoms with van der Waals surface area (Å²) in [7, 11) is 1.69. The van der Waals surface area contributed by atoms with E-state index in [0.717, 1.165) is 55.9 Å². The number of nitrogen functional groups attached to an aromatic ring is 1. The van der Waals surface area contributed by atoms with E-state index in [1.807, 2.05) is 0 Å². The number of rotatable bonds is 9. The van der Waals surface area contributed by atoms with Gasteiger partial charge < -0.3 is 20.9 Å². The Morgan fingerprint density at radius 2 is 2.13 bits per heavy atom. The van der Waals surface area contributed by atoms with Gasteiger partial charge in [0.15, 0.2) is 11.3 Å². The normalized spacial score (nSPS) is 16.8. The molecule has 1 aliphatic rings. The van der Waals surface area contributed by atoms with Crippen LogP contribution in [0.1, 0.15) is 43.0 Å². The Kier molecular flexibility index (Phi) is 6.53. The number of nitrogens with one attached hydrogen (secondary N) is 1. The summed E-state index contributed by atoms with van der Waals surface area (Å²) < 4.78 is 11.3. The summed E-state index contributed by atoms with van der Waals surface area (Å²) in [5.41, 5.74) is 16.4. The number of H-pyrrole nitrogens is 1. The summed E-state index contributed by atoms with van der Waals surface area (Å²) in [6.07, 6.45) is 3.61. The van der Waals surface area contributed by atoms with Crippen LogP contribution in [0.5, 0.6) is 11.8 Å². The molecule has 9 heteroatoms. The summed E-state index contributed by atoms with van der Waals surface area (Å²) in [5.74, 6) is 1.15. The molecule has 9 nitrogen and oxygen atoms in total. The van der Waals surface area contributed by atoms with Crippen LogP contribution < -0.4 is 20.9 Å². The summed E-state index contributed by atoms with van der Waals surface area (Å²) in [4.78, 5) is 11.1. The quantitative estimate of drug-likeness (QED) is 0.445. The van der Waals surface area contributed by atoms with Crippen molar-refractivity contribution < 1.29 is 9.47 Å². The molecule has 31 heavy (non-hydrogen) atoms. The van der Waals surface area contributed by atoms with Gasteiger partial charge in [0.05, 0.1) is 19.4 Å².